The highest BCUT2D eigenvalue weighted by molar-refractivity contribution is 7.85. The molecule has 1 rings (SSSR count). The Balaban J connectivity index is 2.20. The molecular formula is C8H17NO2S. The minimum absolute atomic E-state index is 0.366. The third-order valence-electron chi connectivity index (χ3n) is 2.09. The first-order valence-corrected chi connectivity index (χ1v) is 5.88. The van der Waals surface area contributed by atoms with Crippen LogP contribution in [0, 0.1) is 0 Å². The van der Waals surface area contributed by atoms with Gasteiger partial charge in [0.15, 0.2) is 0 Å². The molecule has 72 valence electrons. The summed E-state index contributed by atoms with van der Waals surface area (Å²) in [6, 6.07) is 0. The quantitative estimate of drug-likeness (QED) is 0.693. The molecule has 1 aliphatic heterocycles. The minimum Gasteiger partial charge on any atom is -0.381 e. The van der Waals surface area contributed by atoms with Crippen molar-refractivity contribution in [3.8, 4) is 0 Å². The van der Waals surface area contributed by atoms with Crippen LogP contribution >= 0.6 is 0 Å². The first-order valence-electron chi connectivity index (χ1n) is 4.49. The van der Waals surface area contributed by atoms with Crippen molar-refractivity contribution in [3.05, 3.63) is 0 Å². The Kier molecular flexibility index (Phi) is 4.80. The molecule has 0 spiro atoms. The van der Waals surface area contributed by atoms with Crippen LogP contribution in [0.5, 0.6) is 0 Å². The van der Waals surface area contributed by atoms with Crippen LogP contribution in [0.25, 0.3) is 0 Å². The Morgan fingerprint density at radius 1 is 1.42 bits per heavy atom. The van der Waals surface area contributed by atoms with Gasteiger partial charge in [-0.3, -0.25) is 4.21 Å². The van der Waals surface area contributed by atoms with Gasteiger partial charge in [0, 0.05) is 35.0 Å². The molecule has 0 radical (unpaired) electrons. The molecule has 12 heavy (non-hydrogen) atoms. The fraction of sp³-hybridized carbons (Fsp3) is 1.00. The lowest BCUT2D eigenvalue weighted by molar-refractivity contribution is 0.0992. The third kappa shape index (κ3) is 3.21. The topological polar surface area (TPSA) is 52.3 Å². The predicted octanol–water partition coefficient (Wildman–Crippen LogP) is 0.263. The Hall–Kier alpha value is 0.0700. The zero-order valence-corrected chi connectivity index (χ0v) is 8.15. The second kappa shape index (κ2) is 5.67. The van der Waals surface area contributed by atoms with Gasteiger partial charge in [0.25, 0.3) is 0 Å². The van der Waals surface area contributed by atoms with Crippen LogP contribution in [0.4, 0.5) is 0 Å². The van der Waals surface area contributed by atoms with Crippen LogP contribution in [-0.4, -0.2) is 35.0 Å². The van der Waals surface area contributed by atoms with Crippen LogP contribution in [0.1, 0.15) is 19.3 Å². The normalized spacial score (nSPS) is 22.4. The fourth-order valence-corrected chi connectivity index (χ4v) is 2.83. The van der Waals surface area contributed by atoms with Crippen molar-refractivity contribution in [1.82, 2.24) is 0 Å². The summed E-state index contributed by atoms with van der Waals surface area (Å²) >= 11 is 0. The van der Waals surface area contributed by atoms with E-state index in [1.165, 1.54) is 0 Å². The Morgan fingerprint density at radius 3 is 2.67 bits per heavy atom. The molecule has 0 aromatic carbocycles. The van der Waals surface area contributed by atoms with Gasteiger partial charge in [-0.05, 0) is 25.8 Å². The van der Waals surface area contributed by atoms with Gasteiger partial charge in [-0.25, -0.2) is 0 Å². The number of rotatable bonds is 4. The predicted molar refractivity (Wildman–Crippen MR) is 50.5 cm³/mol. The molecule has 1 aliphatic rings. The monoisotopic (exact) mass is 191 g/mol. The summed E-state index contributed by atoms with van der Waals surface area (Å²) in [6.45, 7) is 2.20. The maximum absolute atomic E-state index is 11.6. The van der Waals surface area contributed by atoms with E-state index in [1.807, 2.05) is 0 Å². The van der Waals surface area contributed by atoms with Crippen molar-refractivity contribution in [2.75, 3.05) is 25.5 Å². The maximum atomic E-state index is 11.6. The molecule has 1 fully saturated rings. The van der Waals surface area contributed by atoms with Gasteiger partial charge >= 0.3 is 0 Å². The second-order valence-electron chi connectivity index (χ2n) is 3.04. The minimum atomic E-state index is -0.666. The van der Waals surface area contributed by atoms with Gasteiger partial charge in [0.2, 0.25) is 0 Å². The van der Waals surface area contributed by atoms with E-state index in [2.05, 4.69) is 0 Å². The van der Waals surface area contributed by atoms with Crippen molar-refractivity contribution in [2.24, 2.45) is 5.73 Å². The van der Waals surface area contributed by atoms with E-state index in [9.17, 15) is 4.21 Å². The molecule has 4 heteroatoms. The summed E-state index contributed by atoms with van der Waals surface area (Å²) in [6.07, 6.45) is 2.79. The molecule has 0 saturated carbocycles. The molecule has 0 bridgehead atoms. The van der Waals surface area contributed by atoms with Gasteiger partial charge in [0.05, 0.1) is 0 Å². The van der Waals surface area contributed by atoms with E-state index in [-0.39, 0.29) is 0 Å². The number of ether oxygens (including phenoxy) is 1. The first kappa shape index (κ1) is 10.2. The lowest BCUT2D eigenvalue weighted by Gasteiger charge is -2.21. The van der Waals surface area contributed by atoms with E-state index in [0.29, 0.717) is 11.8 Å². The number of hydrogen-bond acceptors (Lipinski definition) is 3. The standard InChI is InChI=1S/C8H17NO2S/c9-4-1-7-12(10)8-2-5-11-6-3-8/h8H,1-7,9H2. The summed E-state index contributed by atoms with van der Waals surface area (Å²) < 4.78 is 16.8. The van der Waals surface area contributed by atoms with Crippen LogP contribution in [-0.2, 0) is 15.5 Å². The van der Waals surface area contributed by atoms with Crippen molar-refractivity contribution in [3.63, 3.8) is 0 Å². The van der Waals surface area contributed by atoms with E-state index in [1.54, 1.807) is 0 Å². The van der Waals surface area contributed by atoms with Gasteiger partial charge in [-0.15, -0.1) is 0 Å². The van der Waals surface area contributed by atoms with Crippen LogP contribution in [0.3, 0.4) is 0 Å². The Morgan fingerprint density at radius 2 is 2.08 bits per heavy atom. The first-order chi connectivity index (χ1) is 5.84. The number of nitrogens with two attached hydrogens (primary N) is 1. The lowest BCUT2D eigenvalue weighted by Crippen LogP contribution is -2.26. The molecule has 1 saturated heterocycles. The summed E-state index contributed by atoms with van der Waals surface area (Å²) in [5, 5.41) is 0.366. The zero-order valence-electron chi connectivity index (χ0n) is 7.33. The molecule has 2 N–H and O–H groups in total. The van der Waals surface area contributed by atoms with E-state index in [4.69, 9.17) is 10.5 Å². The summed E-state index contributed by atoms with van der Waals surface area (Å²) in [5.41, 5.74) is 5.35. The van der Waals surface area contributed by atoms with Gasteiger partial charge < -0.3 is 10.5 Å². The van der Waals surface area contributed by atoms with Gasteiger partial charge in [-0.2, -0.15) is 0 Å². The lowest BCUT2D eigenvalue weighted by atomic mass is 10.2. The molecule has 0 aromatic rings. The van der Waals surface area contributed by atoms with Crippen molar-refractivity contribution in [1.29, 1.82) is 0 Å². The molecule has 1 heterocycles. The fourth-order valence-electron chi connectivity index (χ4n) is 1.33. The van der Waals surface area contributed by atoms with Crippen molar-refractivity contribution < 1.29 is 8.95 Å². The molecule has 1 atom stereocenters. The van der Waals surface area contributed by atoms with E-state index < -0.39 is 10.8 Å². The van der Waals surface area contributed by atoms with Crippen LogP contribution in [0.2, 0.25) is 0 Å². The molecule has 0 aromatic heterocycles. The van der Waals surface area contributed by atoms with Crippen LogP contribution < -0.4 is 5.73 Å². The van der Waals surface area contributed by atoms with Crippen LogP contribution in [0.15, 0.2) is 0 Å². The van der Waals surface area contributed by atoms with Crippen molar-refractivity contribution >= 4 is 10.8 Å². The largest absolute Gasteiger partial charge is 0.381 e. The average molecular weight is 191 g/mol. The SMILES string of the molecule is NCCCS(=O)C1CCOCC1. The van der Waals surface area contributed by atoms with Gasteiger partial charge in [-0.1, -0.05) is 0 Å². The third-order valence-corrected chi connectivity index (χ3v) is 4.00. The van der Waals surface area contributed by atoms with E-state index >= 15 is 0 Å². The molecule has 3 nitrogen and oxygen atoms in total. The van der Waals surface area contributed by atoms with Crippen molar-refractivity contribution in [2.45, 2.75) is 24.5 Å². The Bertz CT molecular complexity index is 146. The summed E-state index contributed by atoms with van der Waals surface area (Å²) in [5.74, 6) is 0.765. The highest BCUT2D eigenvalue weighted by Gasteiger charge is 2.19. The zero-order chi connectivity index (χ0) is 8.81. The molecule has 0 aliphatic carbocycles. The number of hydrogen-bond donors (Lipinski definition) is 1. The smallest absolute Gasteiger partial charge is 0.0477 e. The van der Waals surface area contributed by atoms with E-state index in [0.717, 1.165) is 38.2 Å². The highest BCUT2D eigenvalue weighted by atomic mass is 32.2. The summed E-state index contributed by atoms with van der Waals surface area (Å²) in [4.78, 5) is 0. The summed E-state index contributed by atoms with van der Waals surface area (Å²) in [7, 11) is -0.666. The highest BCUT2D eigenvalue weighted by Crippen LogP contribution is 2.13. The Labute approximate surface area is 76.1 Å². The maximum Gasteiger partial charge on any atom is 0.0477 e. The molecular weight excluding hydrogens is 174 g/mol. The molecule has 1 unspecified atom stereocenters. The second-order valence-corrected chi connectivity index (χ2v) is 4.88. The molecule has 0 amide bonds. The average Bonchev–Trinajstić information content (AvgIpc) is 2.15. The van der Waals surface area contributed by atoms with Gasteiger partial charge in [0.1, 0.15) is 0 Å².